The molecule has 0 aromatic rings. The number of carbonyl (C=O) groups is 5. The van der Waals surface area contributed by atoms with Crippen LogP contribution in [0.25, 0.3) is 0 Å². The maximum atomic E-state index is 12.2. The average molecular weight is 420 g/mol. The van der Waals surface area contributed by atoms with Gasteiger partial charge in [0.2, 0.25) is 17.7 Å². The molecule has 3 amide bonds. The number of carbonyl (C=O) groups excluding carboxylic acids is 3. The summed E-state index contributed by atoms with van der Waals surface area (Å²) in [5.41, 5.74) is 5.75. The summed E-state index contributed by atoms with van der Waals surface area (Å²) >= 11 is 3.95. The van der Waals surface area contributed by atoms with Gasteiger partial charge in [0.05, 0.1) is 12.6 Å². The molecule has 7 N–H and O–H groups in total. The number of thiol groups is 1. The molecule has 0 aliphatic rings. The van der Waals surface area contributed by atoms with Gasteiger partial charge >= 0.3 is 11.9 Å². The topological polar surface area (TPSA) is 188 Å². The molecule has 0 bridgehead atoms. The summed E-state index contributed by atoms with van der Waals surface area (Å²) in [6.45, 7) is 3.26. The molecule has 4 atom stereocenters. The van der Waals surface area contributed by atoms with Crippen molar-refractivity contribution in [2.75, 3.05) is 12.3 Å². The molecule has 0 aliphatic heterocycles. The lowest BCUT2D eigenvalue weighted by atomic mass is 9.99. The fraction of sp³-hybridized carbons (Fsp3) is 0.688. The molecule has 0 heterocycles. The monoisotopic (exact) mass is 420 g/mol. The molecule has 0 saturated carbocycles. The fourth-order valence-corrected chi connectivity index (χ4v) is 2.29. The van der Waals surface area contributed by atoms with Gasteiger partial charge < -0.3 is 31.9 Å². The summed E-state index contributed by atoms with van der Waals surface area (Å²) < 4.78 is 0. The minimum Gasteiger partial charge on any atom is -0.481 e. The van der Waals surface area contributed by atoms with Crippen LogP contribution in [0.3, 0.4) is 0 Å². The van der Waals surface area contributed by atoms with Gasteiger partial charge in [-0.15, -0.1) is 0 Å². The van der Waals surface area contributed by atoms with Crippen molar-refractivity contribution < 1.29 is 34.2 Å². The summed E-state index contributed by atoms with van der Waals surface area (Å²) in [4.78, 5) is 57.6. The van der Waals surface area contributed by atoms with Crippen molar-refractivity contribution in [2.45, 2.75) is 51.2 Å². The van der Waals surface area contributed by atoms with Gasteiger partial charge in [0.15, 0.2) is 0 Å². The number of amides is 3. The van der Waals surface area contributed by atoms with Crippen molar-refractivity contribution in [1.82, 2.24) is 16.0 Å². The third-order valence-electron chi connectivity index (χ3n) is 4.08. The summed E-state index contributed by atoms with van der Waals surface area (Å²) in [6, 6.07) is -3.36. The maximum Gasteiger partial charge on any atom is 0.326 e. The molecule has 11 nitrogen and oxygen atoms in total. The van der Waals surface area contributed by atoms with Crippen molar-refractivity contribution in [3.63, 3.8) is 0 Å². The Bertz CT molecular complexity index is 587. The number of nitrogens with two attached hydrogens (primary N) is 1. The number of hydrogen-bond donors (Lipinski definition) is 7. The number of hydrogen-bond acceptors (Lipinski definition) is 7. The molecule has 12 heteroatoms. The van der Waals surface area contributed by atoms with E-state index in [1.54, 1.807) is 6.92 Å². The lowest BCUT2D eigenvalue weighted by Gasteiger charge is -2.21. The number of aliphatic carboxylic acids is 2. The van der Waals surface area contributed by atoms with E-state index in [9.17, 15) is 24.0 Å². The first-order valence-corrected chi connectivity index (χ1v) is 9.35. The molecule has 0 aromatic heterocycles. The molecular formula is C16H28N4O7S. The summed E-state index contributed by atoms with van der Waals surface area (Å²) in [5.74, 6) is -4.83. The van der Waals surface area contributed by atoms with E-state index in [1.807, 2.05) is 6.92 Å². The van der Waals surface area contributed by atoms with E-state index < -0.39 is 60.8 Å². The highest BCUT2D eigenvalue weighted by atomic mass is 32.1. The third kappa shape index (κ3) is 9.55. The average Bonchev–Trinajstić information content (AvgIpc) is 2.65. The normalized spacial score (nSPS) is 14.9. The SMILES string of the molecule is CCC(C)C(N)C(=O)NCC(=O)NC(CS)C(=O)NC(CCC(=O)O)C(=O)O. The van der Waals surface area contributed by atoms with E-state index in [0.29, 0.717) is 6.42 Å². The van der Waals surface area contributed by atoms with Crippen molar-refractivity contribution >= 4 is 42.3 Å². The molecular weight excluding hydrogens is 392 g/mol. The Balaban J connectivity index is 4.66. The second-order valence-electron chi connectivity index (χ2n) is 6.26. The molecule has 0 radical (unpaired) electrons. The van der Waals surface area contributed by atoms with Crippen LogP contribution in [0.15, 0.2) is 0 Å². The van der Waals surface area contributed by atoms with Crippen molar-refractivity contribution in [3.8, 4) is 0 Å². The zero-order valence-corrected chi connectivity index (χ0v) is 16.7. The Hall–Kier alpha value is -2.34. The second-order valence-corrected chi connectivity index (χ2v) is 6.63. The molecule has 0 aliphatic carbocycles. The van der Waals surface area contributed by atoms with E-state index in [0.717, 1.165) is 0 Å². The van der Waals surface area contributed by atoms with E-state index >= 15 is 0 Å². The molecule has 4 unspecified atom stereocenters. The molecule has 0 aromatic carbocycles. The van der Waals surface area contributed by atoms with Crippen molar-refractivity contribution in [3.05, 3.63) is 0 Å². The second kappa shape index (κ2) is 12.9. The Morgan fingerprint density at radius 1 is 1.04 bits per heavy atom. The van der Waals surface area contributed by atoms with Crippen LogP contribution in [-0.4, -0.2) is 70.3 Å². The standard InChI is InChI=1S/C16H28N4O7S/c1-3-8(2)13(17)15(25)18-6-11(21)19-10(7-28)14(24)20-9(16(26)27)4-5-12(22)23/h8-10,13,28H,3-7,17H2,1-2H3,(H,18,25)(H,19,21)(H,20,24)(H,22,23)(H,26,27). The summed E-state index contributed by atoms with van der Waals surface area (Å²) in [7, 11) is 0. The van der Waals surface area contributed by atoms with Gasteiger partial charge in [-0.1, -0.05) is 20.3 Å². The van der Waals surface area contributed by atoms with Crippen LogP contribution < -0.4 is 21.7 Å². The predicted octanol–water partition coefficient (Wildman–Crippen LogP) is -1.68. The minimum absolute atomic E-state index is 0.0715. The van der Waals surface area contributed by atoms with Crippen LogP contribution in [0.2, 0.25) is 0 Å². The number of carboxylic acids is 2. The van der Waals surface area contributed by atoms with Gasteiger partial charge in [-0.25, -0.2) is 4.79 Å². The Morgan fingerprint density at radius 3 is 2.11 bits per heavy atom. The summed E-state index contributed by atoms with van der Waals surface area (Å²) in [6.07, 6.45) is -0.0693. The van der Waals surface area contributed by atoms with Gasteiger partial charge in [0, 0.05) is 12.2 Å². The number of nitrogens with one attached hydrogen (secondary N) is 3. The van der Waals surface area contributed by atoms with Gasteiger partial charge in [0.25, 0.3) is 0 Å². The summed E-state index contributed by atoms with van der Waals surface area (Å²) in [5, 5.41) is 24.5. The zero-order valence-electron chi connectivity index (χ0n) is 15.8. The highest BCUT2D eigenvalue weighted by molar-refractivity contribution is 7.80. The first kappa shape index (κ1) is 25.7. The van der Waals surface area contributed by atoms with E-state index in [2.05, 4.69) is 28.6 Å². The highest BCUT2D eigenvalue weighted by Crippen LogP contribution is 2.04. The first-order chi connectivity index (χ1) is 13.0. The third-order valence-corrected chi connectivity index (χ3v) is 4.44. The lowest BCUT2D eigenvalue weighted by molar-refractivity contribution is -0.143. The van der Waals surface area contributed by atoms with Crippen molar-refractivity contribution in [2.24, 2.45) is 11.7 Å². The van der Waals surface area contributed by atoms with Gasteiger partial charge in [-0.3, -0.25) is 19.2 Å². The zero-order chi connectivity index (χ0) is 21.9. The molecule has 28 heavy (non-hydrogen) atoms. The van der Waals surface area contributed by atoms with Crippen LogP contribution in [0, 0.1) is 5.92 Å². The smallest absolute Gasteiger partial charge is 0.326 e. The van der Waals surface area contributed by atoms with Crippen molar-refractivity contribution in [1.29, 1.82) is 0 Å². The van der Waals surface area contributed by atoms with Gasteiger partial charge in [-0.05, 0) is 12.3 Å². The minimum atomic E-state index is -1.42. The van der Waals surface area contributed by atoms with E-state index in [4.69, 9.17) is 15.9 Å². The molecule has 0 spiro atoms. The molecule has 0 rings (SSSR count). The quantitative estimate of drug-likeness (QED) is 0.172. The lowest BCUT2D eigenvalue weighted by Crippen LogP contribution is -2.54. The van der Waals surface area contributed by atoms with Crippen LogP contribution in [0.5, 0.6) is 0 Å². The largest absolute Gasteiger partial charge is 0.481 e. The Labute approximate surface area is 168 Å². The van der Waals surface area contributed by atoms with E-state index in [1.165, 1.54) is 0 Å². The molecule has 0 saturated heterocycles. The molecule has 160 valence electrons. The van der Waals surface area contributed by atoms with Gasteiger partial charge in [-0.2, -0.15) is 12.6 Å². The number of rotatable bonds is 13. The van der Waals surface area contributed by atoms with Crippen LogP contribution >= 0.6 is 12.6 Å². The molecule has 0 fully saturated rings. The fourth-order valence-electron chi connectivity index (χ4n) is 2.03. The first-order valence-electron chi connectivity index (χ1n) is 8.71. The van der Waals surface area contributed by atoms with Crippen LogP contribution in [0.4, 0.5) is 0 Å². The Kier molecular flexibility index (Phi) is 11.9. The van der Waals surface area contributed by atoms with Crippen LogP contribution in [0.1, 0.15) is 33.1 Å². The Morgan fingerprint density at radius 2 is 1.64 bits per heavy atom. The highest BCUT2D eigenvalue weighted by Gasteiger charge is 2.26. The van der Waals surface area contributed by atoms with Gasteiger partial charge in [0.1, 0.15) is 12.1 Å². The maximum absolute atomic E-state index is 12.2. The van der Waals surface area contributed by atoms with Crippen LogP contribution in [-0.2, 0) is 24.0 Å². The van der Waals surface area contributed by atoms with E-state index in [-0.39, 0.29) is 18.1 Å². The number of carboxylic acid groups (broad SMARTS) is 2. The predicted molar refractivity (Wildman–Crippen MR) is 103 cm³/mol.